The molecule has 0 fully saturated rings. The summed E-state index contributed by atoms with van der Waals surface area (Å²) < 4.78 is 0. The van der Waals surface area contributed by atoms with Gasteiger partial charge in [-0.15, -0.1) is 0 Å². The standard InChI is InChI=1S/C11H13N3O2/c12-9(11(15)14-16)5-7-6-13-10-4-2-1-3-8(7)10/h1-4,6,9,13,16H,5,12H2,(H,14,15)/p+1/t9-/m0/s1. The molecule has 2 rings (SSSR count). The lowest BCUT2D eigenvalue weighted by atomic mass is 10.1. The van der Waals surface area contributed by atoms with Crippen LogP contribution in [0.3, 0.4) is 0 Å². The summed E-state index contributed by atoms with van der Waals surface area (Å²) in [6.07, 6.45) is 2.36. The maximum absolute atomic E-state index is 11.1. The molecule has 1 heterocycles. The molecule has 0 aliphatic carbocycles. The van der Waals surface area contributed by atoms with E-state index < -0.39 is 11.9 Å². The van der Waals surface area contributed by atoms with Crippen LogP contribution in [0.4, 0.5) is 0 Å². The van der Waals surface area contributed by atoms with Crippen molar-refractivity contribution in [1.82, 2.24) is 10.5 Å². The van der Waals surface area contributed by atoms with Crippen molar-refractivity contribution in [2.24, 2.45) is 0 Å². The van der Waals surface area contributed by atoms with Gasteiger partial charge in [0.05, 0.1) is 0 Å². The van der Waals surface area contributed by atoms with Crippen LogP contribution in [0.5, 0.6) is 0 Å². The zero-order chi connectivity index (χ0) is 11.5. The molecule has 0 aliphatic heterocycles. The summed E-state index contributed by atoms with van der Waals surface area (Å²) in [5, 5.41) is 9.58. The largest absolute Gasteiger partial charge is 0.361 e. The molecule has 5 nitrogen and oxygen atoms in total. The second kappa shape index (κ2) is 4.34. The number of aromatic nitrogens is 1. The van der Waals surface area contributed by atoms with Crippen LogP contribution in [-0.2, 0) is 11.2 Å². The summed E-state index contributed by atoms with van der Waals surface area (Å²) in [6.45, 7) is 0. The Balaban J connectivity index is 2.24. The van der Waals surface area contributed by atoms with Crippen molar-refractivity contribution in [1.29, 1.82) is 0 Å². The fraction of sp³-hybridized carbons (Fsp3) is 0.182. The quantitative estimate of drug-likeness (QED) is 0.427. The third-order valence-corrected chi connectivity index (χ3v) is 2.62. The highest BCUT2D eigenvalue weighted by atomic mass is 16.5. The number of carbonyl (C=O) groups is 1. The minimum Gasteiger partial charge on any atom is -0.361 e. The summed E-state index contributed by atoms with van der Waals surface area (Å²) in [6, 6.07) is 7.37. The van der Waals surface area contributed by atoms with Gasteiger partial charge < -0.3 is 10.7 Å². The molecular weight excluding hydrogens is 206 g/mol. The Kier molecular flexibility index (Phi) is 2.89. The van der Waals surface area contributed by atoms with E-state index in [1.54, 1.807) is 5.48 Å². The molecular formula is C11H14N3O2+. The van der Waals surface area contributed by atoms with E-state index in [9.17, 15) is 4.79 Å². The van der Waals surface area contributed by atoms with E-state index in [-0.39, 0.29) is 0 Å². The van der Waals surface area contributed by atoms with Gasteiger partial charge in [0.1, 0.15) is 0 Å². The summed E-state index contributed by atoms with van der Waals surface area (Å²) in [4.78, 5) is 14.3. The predicted octanol–water partition coefficient (Wildman–Crippen LogP) is -0.174. The molecule has 0 aliphatic rings. The molecule has 1 amide bonds. The van der Waals surface area contributed by atoms with Gasteiger partial charge in [0.15, 0.2) is 6.04 Å². The van der Waals surface area contributed by atoms with Crippen LogP contribution >= 0.6 is 0 Å². The molecule has 16 heavy (non-hydrogen) atoms. The number of fused-ring (bicyclic) bond motifs is 1. The zero-order valence-corrected chi connectivity index (χ0v) is 8.73. The van der Waals surface area contributed by atoms with E-state index in [0.717, 1.165) is 16.5 Å². The highest BCUT2D eigenvalue weighted by Crippen LogP contribution is 2.18. The number of para-hydroxylation sites is 1. The molecule has 0 radical (unpaired) electrons. The fourth-order valence-electron chi connectivity index (χ4n) is 1.75. The zero-order valence-electron chi connectivity index (χ0n) is 8.73. The van der Waals surface area contributed by atoms with Crippen molar-refractivity contribution < 1.29 is 15.7 Å². The number of hydrogen-bond acceptors (Lipinski definition) is 2. The van der Waals surface area contributed by atoms with Crippen molar-refractivity contribution in [3.8, 4) is 0 Å². The molecule has 2 aromatic rings. The lowest BCUT2D eigenvalue weighted by Gasteiger charge is -2.04. The Bertz CT molecular complexity index is 507. The van der Waals surface area contributed by atoms with Gasteiger partial charge in [0.2, 0.25) is 0 Å². The number of H-pyrrole nitrogens is 1. The van der Waals surface area contributed by atoms with Crippen LogP contribution in [0.2, 0.25) is 0 Å². The van der Waals surface area contributed by atoms with Crippen LogP contribution < -0.4 is 11.2 Å². The highest BCUT2D eigenvalue weighted by Gasteiger charge is 2.18. The van der Waals surface area contributed by atoms with E-state index >= 15 is 0 Å². The van der Waals surface area contributed by atoms with E-state index in [2.05, 4.69) is 10.7 Å². The fourth-order valence-corrected chi connectivity index (χ4v) is 1.75. The first-order valence-corrected chi connectivity index (χ1v) is 5.04. The van der Waals surface area contributed by atoms with Crippen molar-refractivity contribution >= 4 is 16.8 Å². The first kappa shape index (κ1) is 10.7. The molecule has 0 saturated heterocycles. The SMILES string of the molecule is [NH3+][C@@H](Cc1c[nH]c2ccccc12)C(=O)NO. The molecule has 1 aromatic heterocycles. The van der Waals surface area contributed by atoms with Gasteiger partial charge >= 0.3 is 5.91 Å². The van der Waals surface area contributed by atoms with Gasteiger partial charge in [-0.05, 0) is 11.6 Å². The summed E-state index contributed by atoms with van der Waals surface area (Å²) >= 11 is 0. The Morgan fingerprint density at radius 3 is 3.00 bits per heavy atom. The molecule has 0 saturated carbocycles. The van der Waals surface area contributed by atoms with E-state index in [0.29, 0.717) is 6.42 Å². The molecule has 6 N–H and O–H groups in total. The average molecular weight is 220 g/mol. The minimum absolute atomic E-state index is 0.467. The second-order valence-corrected chi connectivity index (χ2v) is 3.74. The van der Waals surface area contributed by atoms with Gasteiger partial charge in [0, 0.05) is 23.5 Å². The number of hydroxylamine groups is 1. The van der Waals surface area contributed by atoms with Gasteiger partial charge in [0.25, 0.3) is 0 Å². The number of quaternary nitrogens is 1. The average Bonchev–Trinajstić information content (AvgIpc) is 2.72. The monoisotopic (exact) mass is 220 g/mol. The topological polar surface area (TPSA) is 92.8 Å². The predicted molar refractivity (Wildman–Crippen MR) is 58.6 cm³/mol. The van der Waals surface area contributed by atoms with E-state index in [1.807, 2.05) is 30.5 Å². The number of aromatic amines is 1. The van der Waals surface area contributed by atoms with Crippen LogP contribution in [0.15, 0.2) is 30.5 Å². The molecule has 1 atom stereocenters. The lowest BCUT2D eigenvalue weighted by molar-refractivity contribution is -0.404. The Morgan fingerprint density at radius 2 is 2.25 bits per heavy atom. The number of benzene rings is 1. The minimum atomic E-state index is -0.496. The Labute approximate surface area is 92.2 Å². The van der Waals surface area contributed by atoms with Gasteiger partial charge in [-0.3, -0.25) is 10.0 Å². The smallest absolute Gasteiger partial charge is 0.301 e. The first-order chi connectivity index (χ1) is 7.72. The maximum Gasteiger partial charge on any atom is 0.301 e. The van der Waals surface area contributed by atoms with Crippen LogP contribution in [-0.4, -0.2) is 22.1 Å². The van der Waals surface area contributed by atoms with Crippen LogP contribution in [0, 0.1) is 0 Å². The Morgan fingerprint density at radius 1 is 1.50 bits per heavy atom. The number of rotatable bonds is 3. The van der Waals surface area contributed by atoms with Crippen molar-refractivity contribution in [3.63, 3.8) is 0 Å². The normalized spacial score (nSPS) is 12.6. The van der Waals surface area contributed by atoms with E-state index in [4.69, 9.17) is 5.21 Å². The summed E-state index contributed by atoms with van der Waals surface area (Å²) in [7, 11) is 0. The van der Waals surface area contributed by atoms with Crippen LogP contribution in [0.1, 0.15) is 5.56 Å². The number of carbonyl (C=O) groups excluding carboxylic acids is 1. The molecule has 0 spiro atoms. The van der Waals surface area contributed by atoms with Gasteiger partial charge in [-0.1, -0.05) is 18.2 Å². The molecule has 1 aromatic carbocycles. The molecule has 84 valence electrons. The summed E-state index contributed by atoms with van der Waals surface area (Å²) in [5.74, 6) is -0.467. The van der Waals surface area contributed by atoms with Gasteiger partial charge in [-0.2, -0.15) is 0 Å². The third kappa shape index (κ3) is 1.91. The van der Waals surface area contributed by atoms with Crippen molar-refractivity contribution in [3.05, 3.63) is 36.0 Å². The van der Waals surface area contributed by atoms with E-state index in [1.165, 1.54) is 0 Å². The molecule has 0 unspecified atom stereocenters. The first-order valence-electron chi connectivity index (χ1n) is 5.04. The van der Waals surface area contributed by atoms with Crippen molar-refractivity contribution in [2.75, 3.05) is 0 Å². The van der Waals surface area contributed by atoms with Crippen molar-refractivity contribution in [2.45, 2.75) is 12.5 Å². The summed E-state index contributed by atoms with van der Waals surface area (Å²) in [5.41, 5.74) is 7.38. The highest BCUT2D eigenvalue weighted by molar-refractivity contribution is 5.85. The third-order valence-electron chi connectivity index (χ3n) is 2.62. The molecule has 5 heteroatoms. The number of nitrogens with one attached hydrogen (secondary N) is 2. The van der Waals surface area contributed by atoms with Gasteiger partial charge in [-0.25, -0.2) is 5.48 Å². The Hall–Kier alpha value is -1.85. The maximum atomic E-state index is 11.1. The second-order valence-electron chi connectivity index (χ2n) is 3.74. The lowest BCUT2D eigenvalue weighted by Crippen LogP contribution is -2.68. The molecule has 0 bridgehead atoms. The van der Waals surface area contributed by atoms with Crippen LogP contribution in [0.25, 0.3) is 10.9 Å². The number of hydrogen-bond donors (Lipinski definition) is 4. The number of amides is 1.